The van der Waals surface area contributed by atoms with Crippen LogP contribution in [-0.4, -0.2) is 17.4 Å². The first-order chi connectivity index (χ1) is 12.1. The molecule has 0 aliphatic carbocycles. The van der Waals surface area contributed by atoms with E-state index in [1.807, 2.05) is 66.4 Å². The minimum Gasteiger partial charge on any atom is -0.372 e. The lowest BCUT2D eigenvalue weighted by Crippen LogP contribution is -2.26. The van der Waals surface area contributed by atoms with Gasteiger partial charge in [0, 0.05) is 30.9 Å². The molecule has 0 heterocycles. The molecule has 0 bridgehead atoms. The van der Waals surface area contributed by atoms with Crippen molar-refractivity contribution < 1.29 is 4.79 Å². The van der Waals surface area contributed by atoms with E-state index < -0.39 is 5.91 Å². The molecule has 0 aliphatic rings. The van der Waals surface area contributed by atoms with Gasteiger partial charge in [0.15, 0.2) is 0 Å². The number of nitriles is 1. The SMILES string of the molecule is CCN(/C=C(/C#N)C(=O)NCc1ccccc1Cl)Cc1ccccc1. The second-order valence-electron chi connectivity index (χ2n) is 5.48. The molecular formula is C20H20ClN3O. The summed E-state index contributed by atoms with van der Waals surface area (Å²) in [6, 6.07) is 19.2. The van der Waals surface area contributed by atoms with Gasteiger partial charge in [-0.3, -0.25) is 4.79 Å². The molecule has 4 nitrogen and oxygen atoms in total. The molecule has 1 N–H and O–H groups in total. The highest BCUT2D eigenvalue weighted by Gasteiger charge is 2.11. The first-order valence-electron chi connectivity index (χ1n) is 8.05. The first kappa shape index (κ1) is 18.6. The van der Waals surface area contributed by atoms with Gasteiger partial charge in [0.25, 0.3) is 5.91 Å². The molecule has 0 radical (unpaired) electrons. The molecule has 0 unspecified atom stereocenters. The van der Waals surface area contributed by atoms with Crippen LogP contribution in [0.1, 0.15) is 18.1 Å². The molecule has 0 aliphatic heterocycles. The maximum atomic E-state index is 12.3. The molecule has 0 saturated heterocycles. The van der Waals surface area contributed by atoms with Crippen LogP contribution in [0, 0.1) is 11.3 Å². The average molecular weight is 354 g/mol. The molecular weight excluding hydrogens is 334 g/mol. The van der Waals surface area contributed by atoms with Gasteiger partial charge < -0.3 is 10.2 Å². The normalized spacial score (nSPS) is 10.8. The molecule has 2 rings (SSSR count). The van der Waals surface area contributed by atoms with Crippen LogP contribution in [0.5, 0.6) is 0 Å². The fraction of sp³-hybridized carbons (Fsp3) is 0.200. The molecule has 25 heavy (non-hydrogen) atoms. The summed E-state index contributed by atoms with van der Waals surface area (Å²) in [5.41, 5.74) is 2.01. The number of amides is 1. The summed E-state index contributed by atoms with van der Waals surface area (Å²) in [5.74, 6) is -0.408. The van der Waals surface area contributed by atoms with Crippen LogP contribution >= 0.6 is 11.6 Å². The Balaban J connectivity index is 2.03. The van der Waals surface area contributed by atoms with Crippen LogP contribution in [0.25, 0.3) is 0 Å². The maximum Gasteiger partial charge on any atom is 0.263 e. The summed E-state index contributed by atoms with van der Waals surface area (Å²) in [6.45, 7) is 3.59. The van der Waals surface area contributed by atoms with Crippen LogP contribution in [0.2, 0.25) is 5.02 Å². The van der Waals surface area contributed by atoms with Crippen molar-refractivity contribution in [2.75, 3.05) is 6.54 Å². The van der Waals surface area contributed by atoms with E-state index >= 15 is 0 Å². The highest BCUT2D eigenvalue weighted by Crippen LogP contribution is 2.14. The van der Waals surface area contributed by atoms with E-state index in [4.69, 9.17) is 11.6 Å². The summed E-state index contributed by atoms with van der Waals surface area (Å²) in [7, 11) is 0. The van der Waals surface area contributed by atoms with Crippen molar-refractivity contribution in [2.24, 2.45) is 0 Å². The quantitative estimate of drug-likeness (QED) is 0.607. The first-order valence-corrected chi connectivity index (χ1v) is 8.43. The van der Waals surface area contributed by atoms with Crippen molar-refractivity contribution in [3.63, 3.8) is 0 Å². The second kappa shape index (κ2) is 9.51. The Morgan fingerprint density at radius 3 is 2.52 bits per heavy atom. The smallest absolute Gasteiger partial charge is 0.263 e. The number of rotatable bonds is 7. The van der Waals surface area contributed by atoms with Crippen LogP contribution in [-0.2, 0) is 17.9 Å². The third kappa shape index (κ3) is 5.66. The lowest BCUT2D eigenvalue weighted by Gasteiger charge is -2.19. The molecule has 1 amide bonds. The topological polar surface area (TPSA) is 56.1 Å². The standard InChI is InChI=1S/C20H20ClN3O/c1-2-24(14-16-8-4-3-5-9-16)15-18(12-22)20(25)23-13-17-10-6-7-11-19(17)21/h3-11,15H,2,13-14H2,1H3,(H,23,25)/b18-15-. The van der Waals surface area contributed by atoms with Crippen LogP contribution in [0.15, 0.2) is 66.4 Å². The minimum atomic E-state index is -0.408. The summed E-state index contributed by atoms with van der Waals surface area (Å²) in [5, 5.41) is 12.7. The lowest BCUT2D eigenvalue weighted by molar-refractivity contribution is -0.117. The number of carbonyl (C=O) groups is 1. The summed E-state index contributed by atoms with van der Waals surface area (Å²) < 4.78 is 0. The molecule has 128 valence electrons. The van der Waals surface area contributed by atoms with E-state index in [-0.39, 0.29) is 12.1 Å². The molecule has 0 spiro atoms. The zero-order valence-electron chi connectivity index (χ0n) is 14.1. The summed E-state index contributed by atoms with van der Waals surface area (Å²) >= 11 is 6.08. The summed E-state index contributed by atoms with van der Waals surface area (Å²) in [4.78, 5) is 14.2. The monoisotopic (exact) mass is 353 g/mol. The van der Waals surface area contributed by atoms with E-state index in [9.17, 15) is 10.1 Å². The van der Waals surface area contributed by atoms with Crippen molar-refractivity contribution in [3.05, 3.63) is 82.5 Å². The predicted molar refractivity (Wildman–Crippen MR) is 99.5 cm³/mol. The highest BCUT2D eigenvalue weighted by atomic mass is 35.5. The van der Waals surface area contributed by atoms with Crippen molar-refractivity contribution in [1.82, 2.24) is 10.2 Å². The number of hydrogen-bond acceptors (Lipinski definition) is 3. The lowest BCUT2D eigenvalue weighted by atomic mass is 10.2. The van der Waals surface area contributed by atoms with Gasteiger partial charge in [-0.05, 0) is 24.1 Å². The number of carbonyl (C=O) groups excluding carboxylic acids is 1. The summed E-state index contributed by atoms with van der Waals surface area (Å²) in [6.07, 6.45) is 1.61. The molecule has 0 saturated carbocycles. The Kier molecular flexibility index (Phi) is 7.06. The van der Waals surface area contributed by atoms with Gasteiger partial charge in [0.2, 0.25) is 0 Å². The highest BCUT2D eigenvalue weighted by molar-refractivity contribution is 6.31. The Labute approximate surface area is 153 Å². The van der Waals surface area contributed by atoms with Crippen molar-refractivity contribution in [3.8, 4) is 6.07 Å². The number of nitrogens with zero attached hydrogens (tertiary/aromatic N) is 2. The van der Waals surface area contributed by atoms with Gasteiger partial charge in [0.05, 0.1) is 0 Å². The fourth-order valence-electron chi connectivity index (χ4n) is 2.30. The minimum absolute atomic E-state index is 0.0739. The van der Waals surface area contributed by atoms with Gasteiger partial charge in [-0.1, -0.05) is 60.1 Å². The van der Waals surface area contributed by atoms with Gasteiger partial charge in [0.1, 0.15) is 11.6 Å². The van der Waals surface area contributed by atoms with Gasteiger partial charge in [-0.15, -0.1) is 0 Å². The average Bonchev–Trinajstić information content (AvgIpc) is 2.65. The van der Waals surface area contributed by atoms with E-state index in [0.717, 1.165) is 11.1 Å². The molecule has 2 aromatic carbocycles. The largest absolute Gasteiger partial charge is 0.372 e. The maximum absolute atomic E-state index is 12.3. The Morgan fingerprint density at radius 2 is 1.88 bits per heavy atom. The molecule has 0 atom stereocenters. The van der Waals surface area contributed by atoms with Crippen molar-refractivity contribution >= 4 is 17.5 Å². The predicted octanol–water partition coefficient (Wildman–Crippen LogP) is 3.89. The van der Waals surface area contributed by atoms with E-state index in [0.29, 0.717) is 18.1 Å². The molecule has 0 aromatic heterocycles. The fourth-order valence-corrected chi connectivity index (χ4v) is 2.50. The van der Waals surface area contributed by atoms with Gasteiger partial charge in [-0.2, -0.15) is 5.26 Å². The van der Waals surface area contributed by atoms with Crippen LogP contribution < -0.4 is 5.32 Å². The van der Waals surface area contributed by atoms with Gasteiger partial charge in [-0.25, -0.2) is 0 Å². The Morgan fingerprint density at radius 1 is 1.20 bits per heavy atom. The second-order valence-corrected chi connectivity index (χ2v) is 5.88. The van der Waals surface area contributed by atoms with Crippen molar-refractivity contribution in [2.45, 2.75) is 20.0 Å². The van der Waals surface area contributed by atoms with Crippen molar-refractivity contribution in [1.29, 1.82) is 5.26 Å². The molecule has 2 aromatic rings. The Hall–Kier alpha value is -2.77. The number of nitrogens with one attached hydrogen (secondary N) is 1. The van der Waals surface area contributed by atoms with Gasteiger partial charge >= 0.3 is 0 Å². The van der Waals surface area contributed by atoms with E-state index in [2.05, 4.69) is 5.32 Å². The van der Waals surface area contributed by atoms with Crippen LogP contribution in [0.4, 0.5) is 0 Å². The third-order valence-corrected chi connectivity index (χ3v) is 4.08. The molecule has 5 heteroatoms. The number of benzene rings is 2. The number of halogens is 1. The molecule has 0 fully saturated rings. The zero-order valence-corrected chi connectivity index (χ0v) is 14.8. The third-order valence-electron chi connectivity index (χ3n) is 3.71. The number of hydrogen-bond donors (Lipinski definition) is 1. The van der Waals surface area contributed by atoms with E-state index in [1.165, 1.54) is 0 Å². The van der Waals surface area contributed by atoms with Crippen LogP contribution in [0.3, 0.4) is 0 Å². The Bertz CT molecular complexity index is 781. The van der Waals surface area contributed by atoms with E-state index in [1.54, 1.807) is 12.3 Å². The zero-order chi connectivity index (χ0) is 18.1.